The molecule has 0 saturated carbocycles. The highest BCUT2D eigenvalue weighted by molar-refractivity contribution is 5.96. The molecule has 0 spiro atoms. The van der Waals surface area contributed by atoms with Gasteiger partial charge in [0.2, 0.25) is 17.9 Å². The molecule has 0 aliphatic carbocycles. The monoisotopic (exact) mass is 459 g/mol. The summed E-state index contributed by atoms with van der Waals surface area (Å²) in [5.41, 5.74) is -2.46. The minimum atomic E-state index is -4.74. The van der Waals surface area contributed by atoms with E-state index in [1.165, 1.54) is 25.3 Å². The van der Waals surface area contributed by atoms with Crippen molar-refractivity contribution in [3.8, 4) is 5.75 Å². The van der Waals surface area contributed by atoms with Crippen LogP contribution < -0.4 is 14.8 Å². The summed E-state index contributed by atoms with van der Waals surface area (Å²) < 4.78 is 76.2. The first-order chi connectivity index (χ1) is 14.8. The van der Waals surface area contributed by atoms with Gasteiger partial charge in [-0.15, -0.1) is 0 Å². The molecule has 0 unspecified atom stereocenters. The Kier molecular flexibility index (Phi) is 6.07. The summed E-state index contributed by atoms with van der Waals surface area (Å²) >= 11 is 0. The van der Waals surface area contributed by atoms with E-state index in [-0.39, 0.29) is 11.3 Å². The van der Waals surface area contributed by atoms with Crippen LogP contribution in [-0.4, -0.2) is 42.7 Å². The lowest BCUT2D eigenvalue weighted by molar-refractivity contribution is -0.604. The molecule has 2 heterocycles. The summed E-state index contributed by atoms with van der Waals surface area (Å²) in [6.07, 6.45) is -2.52. The average Bonchev–Trinajstić information content (AvgIpc) is 2.91. The number of anilines is 1. The zero-order chi connectivity index (χ0) is 24.0. The number of amides is 1. The van der Waals surface area contributed by atoms with Gasteiger partial charge >= 0.3 is 6.18 Å². The number of pyridine rings is 1. The van der Waals surface area contributed by atoms with Crippen LogP contribution in [0.2, 0.25) is 0 Å². The fourth-order valence-electron chi connectivity index (χ4n) is 4.47. The number of halogens is 5. The van der Waals surface area contributed by atoms with E-state index in [4.69, 9.17) is 4.74 Å². The van der Waals surface area contributed by atoms with Gasteiger partial charge in [0.1, 0.15) is 11.2 Å². The number of nitrogens with zero attached hydrogens (tertiary/aromatic N) is 2. The van der Waals surface area contributed by atoms with Crippen molar-refractivity contribution in [3.63, 3.8) is 0 Å². The Hall–Kier alpha value is -2.95. The van der Waals surface area contributed by atoms with E-state index in [0.717, 1.165) is 44.3 Å². The lowest BCUT2D eigenvalue weighted by Gasteiger charge is -2.38. The summed E-state index contributed by atoms with van der Waals surface area (Å²) in [5.74, 6) is -6.43. The number of alkyl halides is 3. The van der Waals surface area contributed by atoms with Crippen LogP contribution >= 0.6 is 0 Å². The maximum Gasteiger partial charge on any atom is 0.406 e. The van der Waals surface area contributed by atoms with Gasteiger partial charge in [-0.25, -0.2) is 4.39 Å². The van der Waals surface area contributed by atoms with Gasteiger partial charge < -0.3 is 15.3 Å². The van der Waals surface area contributed by atoms with E-state index in [0.29, 0.717) is 4.73 Å². The van der Waals surface area contributed by atoms with E-state index in [2.05, 4.69) is 5.32 Å². The van der Waals surface area contributed by atoms with E-state index in [1.54, 1.807) is 0 Å². The fraction of sp³-hybridized carbons (Fsp3) is 0.429. The highest BCUT2D eigenvalue weighted by Crippen LogP contribution is 2.55. The van der Waals surface area contributed by atoms with Crippen LogP contribution in [0.3, 0.4) is 0 Å². The molecule has 2 aromatic rings. The number of benzene rings is 1. The average molecular weight is 459 g/mol. The minimum Gasteiger partial charge on any atom is -0.619 e. The Morgan fingerprint density at radius 3 is 2.50 bits per heavy atom. The number of likely N-dealkylation sites (tertiary alicyclic amines) is 1. The van der Waals surface area contributed by atoms with Gasteiger partial charge in [0.25, 0.3) is 0 Å². The molecule has 1 saturated heterocycles. The standard InChI is InChI=1S/C21H22F5N3O3/c1-11-15(13-7-8-14(22)16(23)18(13)32-4)17(28(3)20(11,2)21(24,25)26)19(30)27-12-6-5-9-29(31)10-12/h5-11,15,17H,1-4H3,(H,27,30)/t11-,15-,17+,20+/m0/s1. The molecule has 1 aromatic heterocycles. The topological polar surface area (TPSA) is 68.5 Å². The van der Waals surface area contributed by atoms with E-state index >= 15 is 0 Å². The second kappa shape index (κ2) is 8.19. The summed E-state index contributed by atoms with van der Waals surface area (Å²) in [6.45, 7) is 2.26. The number of likely N-dealkylation sites (N-methyl/N-ethyl adjacent to an activating group) is 1. The maximum atomic E-state index is 14.4. The first-order valence-corrected chi connectivity index (χ1v) is 9.65. The van der Waals surface area contributed by atoms with Crippen molar-refractivity contribution in [1.82, 2.24) is 4.90 Å². The van der Waals surface area contributed by atoms with Crippen LogP contribution in [0.25, 0.3) is 0 Å². The Labute approximate surface area is 181 Å². The molecule has 3 rings (SSSR count). The highest BCUT2D eigenvalue weighted by atomic mass is 19.4. The molecule has 1 aliphatic heterocycles. The summed E-state index contributed by atoms with van der Waals surface area (Å²) in [4.78, 5) is 14.1. The summed E-state index contributed by atoms with van der Waals surface area (Å²) in [5, 5.41) is 13.9. The second-order valence-corrected chi connectivity index (χ2v) is 7.94. The molecule has 4 atom stereocenters. The van der Waals surface area contributed by atoms with Gasteiger partial charge in [-0.05, 0) is 32.0 Å². The maximum absolute atomic E-state index is 14.4. The van der Waals surface area contributed by atoms with E-state index < -0.39 is 52.9 Å². The minimum absolute atomic E-state index is 0.0641. The van der Waals surface area contributed by atoms with Gasteiger partial charge in [0, 0.05) is 17.5 Å². The van der Waals surface area contributed by atoms with Crippen LogP contribution in [0.15, 0.2) is 36.7 Å². The molecule has 0 bridgehead atoms. The third-order valence-corrected chi connectivity index (χ3v) is 6.44. The second-order valence-electron chi connectivity index (χ2n) is 7.94. The van der Waals surface area contributed by atoms with Gasteiger partial charge in [0.15, 0.2) is 17.8 Å². The molecule has 1 aliphatic rings. The predicted octanol–water partition coefficient (Wildman–Crippen LogP) is 3.60. The largest absolute Gasteiger partial charge is 0.619 e. The third-order valence-electron chi connectivity index (χ3n) is 6.44. The Morgan fingerprint density at radius 2 is 1.94 bits per heavy atom. The number of aromatic nitrogens is 1. The third kappa shape index (κ3) is 3.64. The van der Waals surface area contributed by atoms with Crippen LogP contribution in [0.1, 0.15) is 25.3 Å². The van der Waals surface area contributed by atoms with Gasteiger partial charge in [-0.1, -0.05) is 13.0 Å². The van der Waals surface area contributed by atoms with Crippen LogP contribution in [0.5, 0.6) is 5.75 Å². The molecule has 32 heavy (non-hydrogen) atoms. The lowest BCUT2D eigenvalue weighted by Crippen LogP contribution is -2.57. The molecule has 1 aromatic carbocycles. The van der Waals surface area contributed by atoms with Gasteiger partial charge in [-0.3, -0.25) is 9.69 Å². The quantitative estimate of drug-likeness (QED) is 0.431. The van der Waals surface area contributed by atoms with Crippen LogP contribution in [0, 0.1) is 22.8 Å². The molecule has 1 amide bonds. The van der Waals surface area contributed by atoms with Crippen LogP contribution in [0.4, 0.5) is 27.6 Å². The number of ether oxygens (including phenoxy) is 1. The van der Waals surface area contributed by atoms with E-state index in [9.17, 15) is 32.0 Å². The molecule has 11 heteroatoms. The number of nitrogens with one attached hydrogen (secondary N) is 1. The lowest BCUT2D eigenvalue weighted by atomic mass is 9.76. The molecule has 174 valence electrons. The van der Waals surface area contributed by atoms with Crippen molar-refractivity contribution >= 4 is 11.6 Å². The SMILES string of the molecule is COc1c([C@H]2[C@H](C(=O)Nc3ccc[n+]([O-])c3)N(C)[C@@](C)(C(F)(F)F)[C@H]2C)ccc(F)c1F. The van der Waals surface area contributed by atoms with Crippen molar-refractivity contribution in [2.45, 2.75) is 37.5 Å². The molecular weight excluding hydrogens is 437 g/mol. The predicted molar refractivity (Wildman–Crippen MR) is 105 cm³/mol. The smallest absolute Gasteiger partial charge is 0.406 e. The Balaban J connectivity index is 2.15. The van der Waals surface area contributed by atoms with Crippen molar-refractivity contribution in [3.05, 3.63) is 59.1 Å². The Morgan fingerprint density at radius 1 is 1.28 bits per heavy atom. The molecule has 1 fully saturated rings. The summed E-state index contributed by atoms with van der Waals surface area (Å²) in [7, 11) is 2.22. The number of carbonyl (C=O) groups is 1. The number of hydrogen-bond acceptors (Lipinski definition) is 4. The fourth-order valence-corrected chi connectivity index (χ4v) is 4.47. The molecule has 1 N–H and O–H groups in total. The first-order valence-electron chi connectivity index (χ1n) is 9.65. The van der Waals surface area contributed by atoms with Crippen LogP contribution in [-0.2, 0) is 4.79 Å². The van der Waals surface area contributed by atoms with Gasteiger partial charge in [-0.2, -0.15) is 22.3 Å². The Bertz CT molecular complexity index is 1030. The van der Waals surface area contributed by atoms with E-state index in [1.807, 2.05) is 0 Å². The summed E-state index contributed by atoms with van der Waals surface area (Å²) in [6, 6.07) is 3.24. The normalized spacial score (nSPS) is 26.2. The zero-order valence-corrected chi connectivity index (χ0v) is 17.7. The molecule has 6 nitrogen and oxygen atoms in total. The highest BCUT2D eigenvalue weighted by Gasteiger charge is 2.67. The van der Waals surface area contributed by atoms with Crippen molar-refractivity contribution in [2.75, 3.05) is 19.5 Å². The first kappa shape index (κ1) is 23.7. The molecular formula is C21H22F5N3O3. The number of carbonyl (C=O) groups excluding carboxylic acids is 1. The number of methoxy groups -OCH3 is 1. The zero-order valence-electron chi connectivity index (χ0n) is 17.7. The van der Waals surface area contributed by atoms with Gasteiger partial charge in [0.05, 0.1) is 13.2 Å². The van der Waals surface area contributed by atoms with Crippen molar-refractivity contribution in [2.24, 2.45) is 5.92 Å². The number of rotatable bonds is 4. The number of hydrogen-bond donors (Lipinski definition) is 1. The van der Waals surface area contributed by atoms with Crippen molar-refractivity contribution < 1.29 is 36.2 Å². The molecule has 0 radical (unpaired) electrons. The van der Waals surface area contributed by atoms with Crippen molar-refractivity contribution in [1.29, 1.82) is 0 Å².